The van der Waals surface area contributed by atoms with Crippen molar-refractivity contribution in [2.45, 2.75) is 64.1 Å². The first kappa shape index (κ1) is 19.1. The largest absolute Gasteiger partial charge is 0.300 e. The average Bonchev–Trinajstić information content (AvgIpc) is 3.43. The van der Waals surface area contributed by atoms with E-state index in [0.717, 1.165) is 37.9 Å². The standard InChI is InChI=1S/C24H32FN/c1-3-18-26(19-15-21-7-5-4-6-8-21)20(2)9-10-22-11-13-23(14-12-22)24(25)16-17-24/h4-8,11-14,20H,3,9-10,15-19H2,1-2H3. The smallest absolute Gasteiger partial charge is 0.136 e. The number of rotatable bonds is 10. The predicted octanol–water partition coefficient (Wildman–Crippen LogP) is 5.92. The SMILES string of the molecule is CCCN(CCc1ccccc1)C(C)CCc1ccc(C2(F)CC2)cc1. The number of halogens is 1. The summed E-state index contributed by atoms with van der Waals surface area (Å²) in [6.07, 6.45) is 5.89. The summed E-state index contributed by atoms with van der Waals surface area (Å²) >= 11 is 0. The van der Waals surface area contributed by atoms with E-state index < -0.39 is 5.67 Å². The Balaban J connectivity index is 1.49. The molecular weight excluding hydrogens is 321 g/mol. The van der Waals surface area contributed by atoms with Crippen LogP contribution in [0.5, 0.6) is 0 Å². The van der Waals surface area contributed by atoms with Crippen molar-refractivity contribution >= 4 is 0 Å². The molecule has 3 rings (SSSR count). The van der Waals surface area contributed by atoms with Gasteiger partial charge in [0, 0.05) is 12.6 Å². The predicted molar refractivity (Wildman–Crippen MR) is 108 cm³/mol. The van der Waals surface area contributed by atoms with E-state index >= 15 is 0 Å². The van der Waals surface area contributed by atoms with Crippen molar-refractivity contribution < 1.29 is 4.39 Å². The molecular formula is C24H32FN. The van der Waals surface area contributed by atoms with E-state index in [2.05, 4.69) is 61.2 Å². The van der Waals surface area contributed by atoms with E-state index in [1.54, 1.807) is 0 Å². The Labute approximate surface area is 158 Å². The van der Waals surface area contributed by atoms with E-state index in [-0.39, 0.29) is 0 Å². The van der Waals surface area contributed by atoms with Gasteiger partial charge in [-0.1, -0.05) is 61.5 Å². The Morgan fingerprint density at radius 3 is 2.19 bits per heavy atom. The third-order valence-corrected chi connectivity index (χ3v) is 5.68. The van der Waals surface area contributed by atoms with Gasteiger partial charge in [-0.15, -0.1) is 0 Å². The van der Waals surface area contributed by atoms with Crippen LogP contribution < -0.4 is 0 Å². The third-order valence-electron chi connectivity index (χ3n) is 5.68. The molecule has 1 unspecified atom stereocenters. The number of nitrogens with zero attached hydrogens (tertiary/aromatic N) is 1. The minimum Gasteiger partial charge on any atom is -0.300 e. The van der Waals surface area contributed by atoms with Crippen LogP contribution in [-0.2, 0) is 18.5 Å². The van der Waals surface area contributed by atoms with Crippen LogP contribution in [0.15, 0.2) is 54.6 Å². The van der Waals surface area contributed by atoms with Gasteiger partial charge < -0.3 is 4.90 Å². The van der Waals surface area contributed by atoms with Gasteiger partial charge in [0.15, 0.2) is 0 Å². The number of aryl methyl sites for hydroxylation is 1. The molecule has 1 aliphatic carbocycles. The van der Waals surface area contributed by atoms with Crippen molar-refractivity contribution in [2.75, 3.05) is 13.1 Å². The highest BCUT2D eigenvalue weighted by atomic mass is 19.1. The summed E-state index contributed by atoms with van der Waals surface area (Å²) < 4.78 is 14.1. The Morgan fingerprint density at radius 1 is 0.923 bits per heavy atom. The lowest BCUT2D eigenvalue weighted by Gasteiger charge is -2.29. The van der Waals surface area contributed by atoms with Crippen LogP contribution in [0.25, 0.3) is 0 Å². The van der Waals surface area contributed by atoms with Crippen LogP contribution >= 0.6 is 0 Å². The van der Waals surface area contributed by atoms with Gasteiger partial charge in [-0.05, 0) is 68.7 Å². The average molecular weight is 354 g/mol. The highest BCUT2D eigenvalue weighted by molar-refractivity contribution is 5.31. The Morgan fingerprint density at radius 2 is 1.58 bits per heavy atom. The molecule has 1 saturated carbocycles. The molecule has 2 heteroatoms. The van der Waals surface area contributed by atoms with Crippen molar-refractivity contribution in [1.82, 2.24) is 4.90 Å². The first-order valence-corrected chi connectivity index (χ1v) is 10.2. The molecule has 1 fully saturated rings. The summed E-state index contributed by atoms with van der Waals surface area (Å²) in [5, 5.41) is 0. The van der Waals surface area contributed by atoms with E-state index in [0.29, 0.717) is 18.9 Å². The van der Waals surface area contributed by atoms with Gasteiger partial charge in [0.25, 0.3) is 0 Å². The Hall–Kier alpha value is -1.67. The minimum atomic E-state index is -1.01. The molecule has 26 heavy (non-hydrogen) atoms. The molecule has 0 N–H and O–H groups in total. The maximum atomic E-state index is 14.1. The van der Waals surface area contributed by atoms with Gasteiger partial charge in [0.2, 0.25) is 0 Å². The molecule has 0 aliphatic heterocycles. The molecule has 0 radical (unpaired) electrons. The number of hydrogen-bond acceptors (Lipinski definition) is 1. The second kappa shape index (κ2) is 8.81. The molecule has 2 aromatic rings. The topological polar surface area (TPSA) is 3.24 Å². The second-order valence-electron chi connectivity index (χ2n) is 7.82. The number of benzene rings is 2. The fourth-order valence-electron chi connectivity index (χ4n) is 3.68. The number of alkyl halides is 1. The zero-order chi connectivity index (χ0) is 18.4. The zero-order valence-electron chi connectivity index (χ0n) is 16.3. The van der Waals surface area contributed by atoms with Gasteiger partial charge in [0.1, 0.15) is 5.67 Å². The second-order valence-corrected chi connectivity index (χ2v) is 7.82. The van der Waals surface area contributed by atoms with E-state index in [1.807, 2.05) is 12.1 Å². The molecule has 1 atom stereocenters. The van der Waals surface area contributed by atoms with E-state index in [9.17, 15) is 4.39 Å². The molecule has 140 valence electrons. The number of hydrogen-bond donors (Lipinski definition) is 0. The summed E-state index contributed by atoms with van der Waals surface area (Å²) in [4.78, 5) is 2.61. The van der Waals surface area contributed by atoms with Gasteiger partial charge in [-0.3, -0.25) is 0 Å². The van der Waals surface area contributed by atoms with Gasteiger partial charge in [-0.25, -0.2) is 4.39 Å². The van der Waals surface area contributed by atoms with Crippen LogP contribution in [-0.4, -0.2) is 24.0 Å². The molecule has 0 aromatic heterocycles. The monoisotopic (exact) mass is 353 g/mol. The maximum absolute atomic E-state index is 14.1. The molecule has 2 aromatic carbocycles. The zero-order valence-corrected chi connectivity index (χ0v) is 16.3. The highest BCUT2D eigenvalue weighted by Gasteiger charge is 2.44. The highest BCUT2D eigenvalue weighted by Crippen LogP contribution is 2.49. The molecule has 0 bridgehead atoms. The first-order valence-electron chi connectivity index (χ1n) is 10.2. The summed E-state index contributed by atoms with van der Waals surface area (Å²) in [5.41, 5.74) is 2.59. The molecule has 0 saturated heterocycles. The quantitative estimate of drug-likeness (QED) is 0.512. The lowest BCUT2D eigenvalue weighted by molar-refractivity contribution is 0.202. The normalized spacial score (nSPS) is 16.6. The van der Waals surface area contributed by atoms with E-state index in [4.69, 9.17) is 0 Å². The van der Waals surface area contributed by atoms with Crippen LogP contribution in [0.2, 0.25) is 0 Å². The molecule has 0 amide bonds. The lowest BCUT2D eigenvalue weighted by atomic mass is 10.0. The van der Waals surface area contributed by atoms with E-state index in [1.165, 1.54) is 17.5 Å². The summed E-state index contributed by atoms with van der Waals surface area (Å²) in [7, 11) is 0. The first-order chi connectivity index (χ1) is 12.6. The fourth-order valence-corrected chi connectivity index (χ4v) is 3.68. The van der Waals surface area contributed by atoms with Gasteiger partial charge >= 0.3 is 0 Å². The summed E-state index contributed by atoms with van der Waals surface area (Å²) in [5.74, 6) is 0. The molecule has 0 spiro atoms. The van der Waals surface area contributed by atoms with Crippen molar-refractivity contribution in [2.24, 2.45) is 0 Å². The minimum absolute atomic E-state index is 0.564. The fraction of sp³-hybridized carbons (Fsp3) is 0.500. The Kier molecular flexibility index (Phi) is 6.48. The summed E-state index contributed by atoms with van der Waals surface area (Å²) in [6.45, 7) is 6.86. The van der Waals surface area contributed by atoms with Crippen molar-refractivity contribution in [3.8, 4) is 0 Å². The van der Waals surface area contributed by atoms with Crippen molar-refractivity contribution in [1.29, 1.82) is 0 Å². The van der Waals surface area contributed by atoms with Crippen LogP contribution in [0, 0.1) is 0 Å². The molecule has 1 nitrogen and oxygen atoms in total. The maximum Gasteiger partial charge on any atom is 0.136 e. The van der Waals surface area contributed by atoms with Crippen LogP contribution in [0.1, 0.15) is 56.2 Å². The molecule has 1 aliphatic rings. The van der Waals surface area contributed by atoms with Gasteiger partial charge in [0.05, 0.1) is 0 Å². The lowest BCUT2D eigenvalue weighted by Crippen LogP contribution is -2.35. The molecule has 0 heterocycles. The van der Waals surface area contributed by atoms with Crippen molar-refractivity contribution in [3.63, 3.8) is 0 Å². The third kappa shape index (κ3) is 5.17. The van der Waals surface area contributed by atoms with Crippen molar-refractivity contribution in [3.05, 3.63) is 71.3 Å². The van der Waals surface area contributed by atoms with Gasteiger partial charge in [-0.2, -0.15) is 0 Å². The summed E-state index contributed by atoms with van der Waals surface area (Å²) in [6, 6.07) is 19.5. The Bertz CT molecular complexity index is 660. The van der Waals surface area contributed by atoms with Crippen LogP contribution in [0.4, 0.5) is 4.39 Å². The van der Waals surface area contributed by atoms with Crippen LogP contribution in [0.3, 0.4) is 0 Å².